The minimum absolute atomic E-state index is 0.458. The lowest BCUT2D eigenvalue weighted by Crippen LogP contribution is -2.16. The van der Waals surface area contributed by atoms with Gasteiger partial charge in [0.2, 0.25) is 17.3 Å². The Balaban J connectivity index is 1.64. The molecule has 1 aromatic carbocycles. The smallest absolute Gasteiger partial charge is 0.247 e. The summed E-state index contributed by atoms with van der Waals surface area (Å²) in [5.74, 6) is 2.95. The van der Waals surface area contributed by atoms with Crippen molar-refractivity contribution in [2.75, 3.05) is 11.1 Å². The van der Waals surface area contributed by atoms with E-state index in [1.165, 1.54) is 19.3 Å². The Kier molecular flexibility index (Phi) is 6.40. The molecule has 0 aliphatic carbocycles. The number of furan rings is 1. The van der Waals surface area contributed by atoms with E-state index in [-0.39, 0.29) is 0 Å². The summed E-state index contributed by atoms with van der Waals surface area (Å²) >= 11 is 5.16. The normalized spacial score (nSPS) is 15.1. The monoisotopic (exact) mass is 474 g/mol. The van der Waals surface area contributed by atoms with Gasteiger partial charge in [0, 0.05) is 21.5 Å². The Bertz CT molecular complexity index is 995. The van der Waals surface area contributed by atoms with Crippen LogP contribution in [0.5, 0.6) is 5.88 Å². The summed E-state index contributed by atoms with van der Waals surface area (Å²) < 4.78 is 13.0. The SMILES string of the molecule is CCCCCCSc1nnc2c(n1)OC(c1ccc(C)o1)Nc1ccc(Br)cc1-2. The predicted octanol–water partition coefficient (Wildman–Crippen LogP) is 6.38. The molecule has 0 saturated carbocycles. The van der Waals surface area contributed by atoms with Crippen molar-refractivity contribution >= 4 is 33.4 Å². The molecule has 6 nitrogen and oxygen atoms in total. The number of fused-ring (bicyclic) bond motifs is 3. The van der Waals surface area contributed by atoms with E-state index in [0.29, 0.717) is 22.5 Å². The van der Waals surface area contributed by atoms with Crippen LogP contribution in [0.25, 0.3) is 11.3 Å². The van der Waals surface area contributed by atoms with Gasteiger partial charge in [-0.25, -0.2) is 0 Å². The van der Waals surface area contributed by atoms with E-state index in [9.17, 15) is 0 Å². The molecular formula is C21H23BrN4O2S. The fourth-order valence-corrected chi connectivity index (χ4v) is 4.28. The van der Waals surface area contributed by atoms with Gasteiger partial charge >= 0.3 is 0 Å². The van der Waals surface area contributed by atoms with Gasteiger partial charge in [-0.3, -0.25) is 0 Å². The lowest BCUT2D eigenvalue weighted by molar-refractivity contribution is 0.194. The van der Waals surface area contributed by atoms with Gasteiger partial charge in [0.1, 0.15) is 5.76 Å². The van der Waals surface area contributed by atoms with Crippen LogP contribution in [0, 0.1) is 6.92 Å². The summed E-state index contributed by atoms with van der Waals surface area (Å²) in [6, 6.07) is 9.79. The van der Waals surface area contributed by atoms with Crippen LogP contribution in [-0.2, 0) is 0 Å². The lowest BCUT2D eigenvalue weighted by Gasteiger charge is -2.16. The van der Waals surface area contributed by atoms with Crippen LogP contribution in [0.2, 0.25) is 0 Å². The molecule has 1 N–H and O–H groups in total. The second kappa shape index (κ2) is 9.17. The minimum Gasteiger partial charge on any atom is -0.460 e. The number of unbranched alkanes of at least 4 members (excludes halogenated alkanes) is 3. The van der Waals surface area contributed by atoms with Crippen LogP contribution in [0.15, 0.2) is 44.4 Å². The van der Waals surface area contributed by atoms with Crippen LogP contribution in [0.3, 0.4) is 0 Å². The zero-order valence-corrected chi connectivity index (χ0v) is 18.8. The molecular weight excluding hydrogens is 452 g/mol. The standard InChI is InChI=1S/C21H23BrN4O2S/c1-3-4-5-6-11-29-21-24-20-18(25-26-21)15-12-14(22)8-9-16(15)23-19(28-20)17-10-7-13(2)27-17/h7-10,12,19,23H,3-6,11H2,1-2H3. The first-order valence-corrected chi connectivity index (χ1v) is 11.6. The third-order valence-electron chi connectivity index (χ3n) is 4.64. The second-order valence-corrected chi connectivity index (χ2v) is 8.92. The number of hydrogen-bond acceptors (Lipinski definition) is 7. The van der Waals surface area contributed by atoms with E-state index < -0.39 is 6.23 Å². The van der Waals surface area contributed by atoms with Crippen molar-refractivity contribution in [3.05, 3.63) is 46.3 Å². The van der Waals surface area contributed by atoms with E-state index in [4.69, 9.17) is 9.15 Å². The Morgan fingerprint density at radius 2 is 2.03 bits per heavy atom. The summed E-state index contributed by atoms with van der Waals surface area (Å²) in [5, 5.41) is 12.8. The molecule has 152 valence electrons. The van der Waals surface area contributed by atoms with Crippen LogP contribution in [0.1, 0.15) is 50.4 Å². The molecule has 0 radical (unpaired) electrons. The molecule has 1 atom stereocenters. The van der Waals surface area contributed by atoms with Gasteiger partial charge in [-0.1, -0.05) is 53.9 Å². The molecule has 0 spiro atoms. The maximum Gasteiger partial charge on any atom is 0.247 e. The fraction of sp³-hybridized carbons (Fsp3) is 0.381. The number of thioether (sulfide) groups is 1. The van der Waals surface area contributed by atoms with Crippen molar-refractivity contribution in [3.63, 3.8) is 0 Å². The van der Waals surface area contributed by atoms with Crippen LogP contribution in [-0.4, -0.2) is 20.9 Å². The molecule has 0 fully saturated rings. The highest BCUT2D eigenvalue weighted by atomic mass is 79.9. The molecule has 8 heteroatoms. The highest BCUT2D eigenvalue weighted by Crippen LogP contribution is 2.41. The summed E-state index contributed by atoms with van der Waals surface area (Å²) in [4.78, 5) is 4.67. The predicted molar refractivity (Wildman–Crippen MR) is 118 cm³/mol. The third kappa shape index (κ3) is 4.75. The molecule has 4 rings (SSSR count). The van der Waals surface area contributed by atoms with E-state index in [1.807, 2.05) is 37.3 Å². The number of hydrogen-bond donors (Lipinski definition) is 1. The third-order valence-corrected chi connectivity index (χ3v) is 6.05. The zero-order valence-electron chi connectivity index (χ0n) is 16.4. The van der Waals surface area contributed by atoms with Gasteiger partial charge in [0.15, 0.2) is 11.5 Å². The number of nitrogens with one attached hydrogen (secondary N) is 1. The van der Waals surface area contributed by atoms with Gasteiger partial charge in [-0.05, 0) is 43.7 Å². The maximum absolute atomic E-state index is 6.22. The van der Waals surface area contributed by atoms with Crippen molar-refractivity contribution in [2.45, 2.75) is 50.9 Å². The van der Waals surface area contributed by atoms with Gasteiger partial charge in [0.25, 0.3) is 0 Å². The Labute approximate surface area is 183 Å². The minimum atomic E-state index is -0.496. The largest absolute Gasteiger partial charge is 0.460 e. The number of benzene rings is 1. The van der Waals surface area contributed by atoms with E-state index in [0.717, 1.165) is 33.7 Å². The van der Waals surface area contributed by atoms with Crippen molar-refractivity contribution in [1.82, 2.24) is 15.2 Å². The van der Waals surface area contributed by atoms with E-state index >= 15 is 0 Å². The van der Waals surface area contributed by atoms with Crippen LogP contribution in [0.4, 0.5) is 5.69 Å². The maximum atomic E-state index is 6.22. The Hall–Kier alpha value is -2.06. The van der Waals surface area contributed by atoms with Gasteiger partial charge in [-0.15, -0.1) is 10.2 Å². The first-order valence-electron chi connectivity index (χ1n) is 9.81. The summed E-state index contributed by atoms with van der Waals surface area (Å²) in [6.07, 6.45) is 4.36. The molecule has 29 heavy (non-hydrogen) atoms. The highest BCUT2D eigenvalue weighted by Gasteiger charge is 2.28. The molecule has 1 aliphatic heterocycles. The molecule has 0 amide bonds. The second-order valence-electron chi connectivity index (χ2n) is 6.94. The number of aromatic nitrogens is 3. The van der Waals surface area contributed by atoms with Crippen LogP contribution >= 0.6 is 27.7 Å². The van der Waals surface area contributed by atoms with Crippen molar-refractivity contribution in [2.24, 2.45) is 0 Å². The summed E-state index contributed by atoms with van der Waals surface area (Å²) in [7, 11) is 0. The van der Waals surface area contributed by atoms with Gasteiger partial charge in [0.05, 0.1) is 0 Å². The lowest BCUT2D eigenvalue weighted by atomic mass is 10.1. The molecule has 3 heterocycles. The van der Waals surface area contributed by atoms with Crippen molar-refractivity contribution in [3.8, 4) is 17.1 Å². The summed E-state index contributed by atoms with van der Waals surface area (Å²) in [5.41, 5.74) is 2.40. The number of nitrogens with zero attached hydrogens (tertiary/aromatic N) is 3. The van der Waals surface area contributed by atoms with Crippen molar-refractivity contribution < 1.29 is 9.15 Å². The Morgan fingerprint density at radius 3 is 2.83 bits per heavy atom. The fourth-order valence-electron chi connectivity index (χ4n) is 3.15. The molecule has 1 aliphatic rings. The van der Waals surface area contributed by atoms with Crippen LogP contribution < -0.4 is 10.1 Å². The Morgan fingerprint density at radius 1 is 1.14 bits per heavy atom. The number of halogens is 1. The van der Waals surface area contributed by atoms with Gasteiger partial charge < -0.3 is 14.5 Å². The number of ether oxygens (including phenoxy) is 1. The first-order chi connectivity index (χ1) is 14.1. The van der Waals surface area contributed by atoms with Gasteiger partial charge in [-0.2, -0.15) is 4.98 Å². The summed E-state index contributed by atoms with van der Waals surface area (Å²) in [6.45, 7) is 4.13. The average Bonchev–Trinajstić information content (AvgIpc) is 3.08. The zero-order chi connectivity index (χ0) is 20.2. The van der Waals surface area contributed by atoms with E-state index in [1.54, 1.807) is 11.8 Å². The molecule has 3 aromatic rings. The quantitative estimate of drug-likeness (QED) is 0.314. The molecule has 0 bridgehead atoms. The number of rotatable bonds is 7. The molecule has 1 unspecified atom stereocenters. The van der Waals surface area contributed by atoms with Crippen molar-refractivity contribution in [1.29, 1.82) is 0 Å². The number of anilines is 1. The topological polar surface area (TPSA) is 73.1 Å². The molecule has 2 aromatic heterocycles. The van der Waals surface area contributed by atoms with E-state index in [2.05, 4.69) is 43.4 Å². The first kappa shape index (κ1) is 20.2. The highest BCUT2D eigenvalue weighted by molar-refractivity contribution is 9.10. The number of aryl methyl sites for hydroxylation is 1. The molecule has 0 saturated heterocycles. The average molecular weight is 475 g/mol.